The van der Waals surface area contributed by atoms with Gasteiger partial charge in [-0.2, -0.15) is 0 Å². The lowest BCUT2D eigenvalue weighted by Crippen LogP contribution is -2.12. The van der Waals surface area contributed by atoms with Gasteiger partial charge in [0.25, 0.3) is 0 Å². The largest absolute Gasteiger partial charge is 0.458 e. The smallest absolute Gasteiger partial charge is 0.413 e. The molecule has 0 aliphatic heterocycles. The van der Waals surface area contributed by atoms with Crippen LogP contribution in [0.2, 0.25) is 0 Å². The molecule has 0 amide bonds. The molecule has 1 rings (SSSR count). The number of nitrogens with one attached hydrogen (secondary N) is 1. The van der Waals surface area contributed by atoms with Crippen molar-refractivity contribution in [3.8, 4) is 5.75 Å². The highest BCUT2D eigenvalue weighted by Crippen LogP contribution is 2.42. The molecule has 0 aliphatic carbocycles. The first-order valence-electron chi connectivity index (χ1n) is 5.46. The molecule has 0 radical (unpaired) electrons. The van der Waals surface area contributed by atoms with E-state index in [-0.39, 0.29) is 5.41 Å². The summed E-state index contributed by atoms with van der Waals surface area (Å²) in [6, 6.07) is 7.52. The second-order valence-electron chi connectivity index (χ2n) is 4.77. The lowest BCUT2D eigenvalue weighted by atomic mass is 9.87. The third-order valence-corrected chi connectivity index (χ3v) is 3.94. The molecule has 96 valence electrons. The van der Waals surface area contributed by atoms with E-state index in [1.807, 2.05) is 12.1 Å². The second-order valence-corrected chi connectivity index (χ2v) is 6.76. The fraction of sp³-hybridized carbons (Fsp3) is 0.500. The minimum atomic E-state index is -3.21. The number of rotatable bonds is 4. The third-order valence-electron chi connectivity index (χ3n) is 2.46. The molecule has 1 unspecified atom stereocenters. The maximum Gasteiger partial charge on any atom is 0.458 e. The lowest BCUT2D eigenvalue weighted by Gasteiger charge is -2.20. The maximum absolute atomic E-state index is 11.8. The number of hydrogen-bond acceptors (Lipinski definition) is 3. The molecule has 0 aliphatic rings. The summed E-state index contributed by atoms with van der Waals surface area (Å²) in [5.74, 6) is 0.525. The minimum Gasteiger partial charge on any atom is -0.413 e. The van der Waals surface area contributed by atoms with Crippen molar-refractivity contribution in [1.29, 1.82) is 0 Å². The number of benzene rings is 1. The summed E-state index contributed by atoms with van der Waals surface area (Å²) in [6.07, 6.45) is 0. The van der Waals surface area contributed by atoms with E-state index in [9.17, 15) is 4.57 Å². The van der Waals surface area contributed by atoms with E-state index in [2.05, 4.69) is 25.9 Å². The van der Waals surface area contributed by atoms with Gasteiger partial charge in [-0.25, -0.2) is 9.65 Å². The summed E-state index contributed by atoms with van der Waals surface area (Å²) < 4.78 is 21.9. The molecule has 0 saturated heterocycles. The SMILES string of the molecule is CNP(=O)(OC)Oc1ccc(C(C)(C)C)cc1. The average Bonchev–Trinajstić information content (AvgIpc) is 2.28. The second kappa shape index (κ2) is 5.21. The Morgan fingerprint density at radius 2 is 1.71 bits per heavy atom. The van der Waals surface area contributed by atoms with Gasteiger partial charge in [0, 0.05) is 7.11 Å². The van der Waals surface area contributed by atoms with Crippen LogP contribution in [0.15, 0.2) is 24.3 Å². The van der Waals surface area contributed by atoms with Crippen LogP contribution in [0.1, 0.15) is 26.3 Å². The molecule has 4 nitrogen and oxygen atoms in total. The third kappa shape index (κ3) is 3.84. The van der Waals surface area contributed by atoms with E-state index in [0.29, 0.717) is 5.75 Å². The molecule has 17 heavy (non-hydrogen) atoms. The van der Waals surface area contributed by atoms with Gasteiger partial charge in [0.1, 0.15) is 5.75 Å². The highest BCUT2D eigenvalue weighted by atomic mass is 31.2. The minimum absolute atomic E-state index is 0.0898. The molecule has 0 heterocycles. The van der Waals surface area contributed by atoms with Gasteiger partial charge in [-0.05, 0) is 30.2 Å². The number of hydrogen-bond donors (Lipinski definition) is 1. The Labute approximate surface area is 103 Å². The van der Waals surface area contributed by atoms with Gasteiger partial charge in [-0.3, -0.25) is 4.52 Å². The fourth-order valence-corrected chi connectivity index (χ4v) is 2.08. The van der Waals surface area contributed by atoms with Gasteiger partial charge in [-0.15, -0.1) is 0 Å². The molecular weight excluding hydrogens is 237 g/mol. The quantitative estimate of drug-likeness (QED) is 0.840. The summed E-state index contributed by atoms with van der Waals surface area (Å²) in [5.41, 5.74) is 1.29. The van der Waals surface area contributed by atoms with Gasteiger partial charge >= 0.3 is 7.75 Å². The van der Waals surface area contributed by atoms with E-state index < -0.39 is 7.75 Å². The predicted molar refractivity (Wildman–Crippen MR) is 69.4 cm³/mol. The summed E-state index contributed by atoms with van der Waals surface area (Å²) in [4.78, 5) is 0. The summed E-state index contributed by atoms with van der Waals surface area (Å²) in [5, 5.41) is 2.53. The standard InChI is InChI=1S/C12H20NO3P/c1-12(2,3)10-6-8-11(9-7-10)16-17(14,13-4)15-5/h6-9H,1-5H3,(H,13,14). The van der Waals surface area contributed by atoms with Gasteiger partial charge < -0.3 is 4.52 Å². The molecule has 5 heteroatoms. The van der Waals surface area contributed by atoms with Crippen LogP contribution in [0.25, 0.3) is 0 Å². The van der Waals surface area contributed by atoms with Crippen molar-refractivity contribution in [2.24, 2.45) is 0 Å². The Bertz CT molecular complexity index is 401. The van der Waals surface area contributed by atoms with Crippen molar-refractivity contribution in [2.45, 2.75) is 26.2 Å². The van der Waals surface area contributed by atoms with Crippen molar-refractivity contribution < 1.29 is 13.6 Å². The van der Waals surface area contributed by atoms with Crippen LogP contribution in [-0.2, 0) is 14.5 Å². The zero-order chi connectivity index (χ0) is 13.1. The fourth-order valence-electron chi connectivity index (χ4n) is 1.33. The topological polar surface area (TPSA) is 47.6 Å². The van der Waals surface area contributed by atoms with Crippen LogP contribution in [0, 0.1) is 0 Å². The Morgan fingerprint density at radius 3 is 2.06 bits per heavy atom. The Hall–Kier alpha value is -0.830. The van der Waals surface area contributed by atoms with Crippen molar-refractivity contribution >= 4 is 7.75 Å². The molecule has 0 fully saturated rings. The average molecular weight is 257 g/mol. The van der Waals surface area contributed by atoms with Crippen LogP contribution < -0.4 is 9.61 Å². The Balaban J connectivity index is 2.86. The van der Waals surface area contributed by atoms with Gasteiger partial charge in [-0.1, -0.05) is 32.9 Å². The first kappa shape index (κ1) is 14.2. The molecule has 1 aromatic rings. The van der Waals surface area contributed by atoms with E-state index in [1.54, 1.807) is 12.1 Å². The first-order valence-corrected chi connectivity index (χ1v) is 7.00. The van der Waals surface area contributed by atoms with E-state index in [0.717, 1.165) is 0 Å². The van der Waals surface area contributed by atoms with E-state index in [4.69, 9.17) is 9.05 Å². The summed E-state index contributed by atoms with van der Waals surface area (Å²) in [7, 11) is -0.325. The predicted octanol–water partition coefficient (Wildman–Crippen LogP) is 3.34. The van der Waals surface area contributed by atoms with Crippen LogP contribution in [0.5, 0.6) is 5.75 Å². The van der Waals surface area contributed by atoms with Crippen LogP contribution >= 0.6 is 7.75 Å². The highest BCUT2D eigenvalue weighted by molar-refractivity contribution is 7.52. The molecule has 0 saturated carbocycles. The van der Waals surface area contributed by atoms with Crippen molar-refractivity contribution in [2.75, 3.05) is 14.2 Å². The van der Waals surface area contributed by atoms with Gasteiger partial charge in [0.2, 0.25) is 0 Å². The van der Waals surface area contributed by atoms with Crippen molar-refractivity contribution in [1.82, 2.24) is 5.09 Å². The molecule has 0 bridgehead atoms. The molecule has 0 spiro atoms. The zero-order valence-electron chi connectivity index (χ0n) is 11.0. The van der Waals surface area contributed by atoms with Crippen LogP contribution in [0.3, 0.4) is 0 Å². The van der Waals surface area contributed by atoms with Crippen molar-refractivity contribution in [3.05, 3.63) is 29.8 Å². The molecule has 1 atom stereocenters. The van der Waals surface area contributed by atoms with Crippen molar-refractivity contribution in [3.63, 3.8) is 0 Å². The molecule has 1 N–H and O–H groups in total. The van der Waals surface area contributed by atoms with E-state index >= 15 is 0 Å². The Morgan fingerprint density at radius 1 is 1.18 bits per heavy atom. The van der Waals surface area contributed by atoms with E-state index in [1.165, 1.54) is 19.7 Å². The van der Waals surface area contributed by atoms with Gasteiger partial charge in [0.15, 0.2) is 0 Å². The van der Waals surface area contributed by atoms with Crippen LogP contribution in [-0.4, -0.2) is 14.2 Å². The molecular formula is C12H20NO3P. The normalized spacial score (nSPS) is 15.4. The summed E-state index contributed by atoms with van der Waals surface area (Å²) >= 11 is 0. The van der Waals surface area contributed by atoms with Gasteiger partial charge in [0.05, 0.1) is 0 Å². The lowest BCUT2D eigenvalue weighted by molar-refractivity contribution is 0.313. The molecule has 1 aromatic carbocycles. The summed E-state index contributed by atoms with van der Waals surface area (Å²) in [6.45, 7) is 6.41. The molecule has 0 aromatic heterocycles. The highest BCUT2D eigenvalue weighted by Gasteiger charge is 2.22. The van der Waals surface area contributed by atoms with Crippen LogP contribution in [0.4, 0.5) is 0 Å². The zero-order valence-corrected chi connectivity index (χ0v) is 11.9. The Kier molecular flexibility index (Phi) is 4.36. The first-order chi connectivity index (χ1) is 7.80. The monoisotopic (exact) mass is 257 g/mol. The maximum atomic E-state index is 11.8.